The molecule has 0 aliphatic heterocycles. The van der Waals surface area contributed by atoms with Crippen LogP contribution in [0.2, 0.25) is 0 Å². The van der Waals surface area contributed by atoms with Gasteiger partial charge in [0.2, 0.25) is 5.76 Å². The molecule has 2 heterocycles. The van der Waals surface area contributed by atoms with Gasteiger partial charge in [0.15, 0.2) is 0 Å². The lowest BCUT2D eigenvalue weighted by Crippen LogP contribution is -2.20. The highest BCUT2D eigenvalue weighted by atomic mass is 19.4. The van der Waals surface area contributed by atoms with Crippen molar-refractivity contribution in [1.82, 2.24) is 4.57 Å². The Morgan fingerprint density at radius 3 is 2.54 bits per heavy atom. The molecule has 0 spiro atoms. The maximum absolute atomic E-state index is 12.8. The van der Waals surface area contributed by atoms with E-state index in [2.05, 4.69) is 0 Å². The molecular weight excluding hydrogens is 327 g/mol. The van der Waals surface area contributed by atoms with E-state index in [0.29, 0.717) is 5.39 Å². The molecule has 0 radical (unpaired) electrons. The summed E-state index contributed by atoms with van der Waals surface area (Å²) < 4.78 is 44.6. The fraction of sp³-hybridized carbons (Fsp3) is 0.125. The molecule has 5 nitrogen and oxygen atoms in total. The van der Waals surface area contributed by atoms with E-state index in [0.717, 1.165) is 16.7 Å². The van der Waals surface area contributed by atoms with E-state index in [9.17, 15) is 22.8 Å². The molecule has 24 heavy (non-hydrogen) atoms. The summed E-state index contributed by atoms with van der Waals surface area (Å²) in [6, 6.07) is 7.10. The number of fused-ring (bicyclic) bond motifs is 1. The molecular formula is C16H10F3NO4. The molecule has 1 N–H and O–H groups in total. The van der Waals surface area contributed by atoms with Crippen LogP contribution in [0.3, 0.4) is 0 Å². The molecule has 0 fully saturated rings. The number of pyridine rings is 1. The second-order valence-corrected chi connectivity index (χ2v) is 5.12. The lowest BCUT2D eigenvalue weighted by Gasteiger charge is -2.09. The first-order valence-electron chi connectivity index (χ1n) is 6.78. The summed E-state index contributed by atoms with van der Waals surface area (Å²) in [7, 11) is 0. The number of rotatable bonds is 3. The summed E-state index contributed by atoms with van der Waals surface area (Å²) in [5.74, 6) is -1.32. The van der Waals surface area contributed by atoms with Crippen LogP contribution in [0.25, 0.3) is 10.8 Å². The molecule has 2 aromatic heterocycles. The third-order valence-electron chi connectivity index (χ3n) is 3.50. The van der Waals surface area contributed by atoms with Crippen molar-refractivity contribution in [2.24, 2.45) is 0 Å². The van der Waals surface area contributed by atoms with Crippen molar-refractivity contribution >= 4 is 16.7 Å². The SMILES string of the molecule is O=C(O)c1ccc(Cn2ccc3ccc(C(F)(F)F)cc3c2=O)o1. The van der Waals surface area contributed by atoms with E-state index in [4.69, 9.17) is 9.52 Å². The van der Waals surface area contributed by atoms with Crippen molar-refractivity contribution in [3.8, 4) is 0 Å². The van der Waals surface area contributed by atoms with Crippen molar-refractivity contribution in [3.63, 3.8) is 0 Å². The summed E-state index contributed by atoms with van der Waals surface area (Å²) in [4.78, 5) is 23.2. The van der Waals surface area contributed by atoms with Crippen LogP contribution in [0.1, 0.15) is 21.9 Å². The van der Waals surface area contributed by atoms with Gasteiger partial charge >= 0.3 is 12.1 Å². The molecule has 1 aromatic carbocycles. The van der Waals surface area contributed by atoms with Gasteiger partial charge in [0.1, 0.15) is 5.76 Å². The zero-order valence-corrected chi connectivity index (χ0v) is 12.0. The lowest BCUT2D eigenvalue weighted by atomic mass is 10.1. The predicted molar refractivity (Wildman–Crippen MR) is 78.0 cm³/mol. The molecule has 0 bridgehead atoms. The van der Waals surface area contributed by atoms with Crippen molar-refractivity contribution in [3.05, 3.63) is 70.0 Å². The molecule has 0 saturated carbocycles. The minimum Gasteiger partial charge on any atom is -0.475 e. The van der Waals surface area contributed by atoms with Crippen molar-refractivity contribution < 1.29 is 27.5 Å². The summed E-state index contributed by atoms with van der Waals surface area (Å²) >= 11 is 0. The molecule has 3 aromatic rings. The van der Waals surface area contributed by atoms with Gasteiger partial charge in [0.25, 0.3) is 5.56 Å². The Labute approximate surface area is 132 Å². The first-order chi connectivity index (χ1) is 11.3. The fourth-order valence-corrected chi connectivity index (χ4v) is 2.33. The lowest BCUT2D eigenvalue weighted by molar-refractivity contribution is -0.137. The standard InChI is InChI=1S/C16H10F3NO4/c17-16(18,19)10-2-1-9-5-6-20(14(21)12(9)7-10)8-11-3-4-13(24-11)15(22)23/h1-7H,8H2,(H,22,23). The molecule has 0 unspecified atom stereocenters. The van der Waals surface area contributed by atoms with Gasteiger partial charge in [-0.25, -0.2) is 4.79 Å². The van der Waals surface area contributed by atoms with E-state index in [-0.39, 0.29) is 23.5 Å². The van der Waals surface area contributed by atoms with Crippen molar-refractivity contribution in [1.29, 1.82) is 0 Å². The van der Waals surface area contributed by atoms with Crippen LogP contribution in [0.5, 0.6) is 0 Å². The first kappa shape index (κ1) is 15.9. The van der Waals surface area contributed by atoms with Crippen molar-refractivity contribution in [2.75, 3.05) is 0 Å². The number of aromatic nitrogens is 1. The van der Waals surface area contributed by atoms with Crippen LogP contribution >= 0.6 is 0 Å². The number of carbonyl (C=O) groups is 1. The van der Waals surface area contributed by atoms with E-state index in [1.165, 1.54) is 30.5 Å². The molecule has 0 atom stereocenters. The smallest absolute Gasteiger partial charge is 0.416 e. The van der Waals surface area contributed by atoms with Gasteiger partial charge in [-0.15, -0.1) is 0 Å². The van der Waals surface area contributed by atoms with Crippen LogP contribution < -0.4 is 5.56 Å². The zero-order valence-electron chi connectivity index (χ0n) is 12.0. The van der Waals surface area contributed by atoms with Gasteiger partial charge in [-0.2, -0.15) is 13.2 Å². The summed E-state index contributed by atoms with van der Waals surface area (Å²) in [6.07, 6.45) is -3.13. The fourth-order valence-electron chi connectivity index (χ4n) is 2.33. The van der Waals surface area contributed by atoms with Gasteiger partial charge in [-0.1, -0.05) is 6.07 Å². The Hall–Kier alpha value is -3.03. The minimum absolute atomic E-state index is 0.0719. The molecule has 0 aliphatic carbocycles. The van der Waals surface area contributed by atoms with Crippen LogP contribution in [0.15, 0.2) is 51.8 Å². The minimum atomic E-state index is -4.54. The third-order valence-corrected chi connectivity index (χ3v) is 3.50. The van der Waals surface area contributed by atoms with E-state index < -0.39 is 23.3 Å². The second kappa shape index (κ2) is 5.55. The van der Waals surface area contributed by atoms with Crippen LogP contribution in [-0.4, -0.2) is 15.6 Å². The van der Waals surface area contributed by atoms with Gasteiger partial charge in [-0.05, 0) is 35.7 Å². The summed E-state index contributed by atoms with van der Waals surface area (Å²) in [6.45, 7) is -0.0850. The molecule has 124 valence electrons. The Kier molecular flexibility index (Phi) is 3.67. The number of hydrogen-bond acceptors (Lipinski definition) is 3. The number of benzene rings is 1. The first-order valence-corrected chi connectivity index (χ1v) is 6.78. The average molecular weight is 337 g/mol. The van der Waals surface area contributed by atoms with E-state index >= 15 is 0 Å². The van der Waals surface area contributed by atoms with Crippen molar-refractivity contribution in [2.45, 2.75) is 12.7 Å². The molecule has 3 rings (SSSR count). The summed E-state index contributed by atoms with van der Waals surface area (Å²) in [5, 5.41) is 9.11. The van der Waals surface area contributed by atoms with Crippen LogP contribution in [-0.2, 0) is 12.7 Å². The number of halogens is 3. The molecule has 8 heteroatoms. The third kappa shape index (κ3) is 2.90. The number of carboxylic acids is 1. The highest BCUT2D eigenvalue weighted by molar-refractivity contribution is 5.84. The topological polar surface area (TPSA) is 72.4 Å². The van der Waals surface area contributed by atoms with E-state index in [1.807, 2.05) is 0 Å². The number of alkyl halides is 3. The van der Waals surface area contributed by atoms with Gasteiger partial charge in [-0.3, -0.25) is 4.79 Å². The Bertz CT molecular complexity index is 985. The van der Waals surface area contributed by atoms with Crippen LogP contribution in [0.4, 0.5) is 13.2 Å². The van der Waals surface area contributed by atoms with Gasteiger partial charge < -0.3 is 14.1 Å². The highest BCUT2D eigenvalue weighted by Gasteiger charge is 2.30. The maximum atomic E-state index is 12.8. The number of hydrogen-bond donors (Lipinski definition) is 1. The largest absolute Gasteiger partial charge is 0.475 e. The molecule has 0 saturated heterocycles. The van der Waals surface area contributed by atoms with Crippen LogP contribution in [0, 0.1) is 0 Å². The van der Waals surface area contributed by atoms with E-state index in [1.54, 1.807) is 0 Å². The second-order valence-electron chi connectivity index (χ2n) is 5.12. The quantitative estimate of drug-likeness (QED) is 0.795. The Morgan fingerprint density at radius 2 is 1.92 bits per heavy atom. The number of carboxylic acid groups (broad SMARTS) is 1. The van der Waals surface area contributed by atoms with Gasteiger partial charge in [0.05, 0.1) is 12.1 Å². The average Bonchev–Trinajstić information content (AvgIpc) is 2.98. The number of aromatic carboxylic acids is 1. The maximum Gasteiger partial charge on any atom is 0.416 e. The highest BCUT2D eigenvalue weighted by Crippen LogP contribution is 2.30. The normalized spacial score (nSPS) is 11.8. The Morgan fingerprint density at radius 1 is 1.17 bits per heavy atom. The predicted octanol–water partition coefficient (Wildman–Crippen LogP) is 3.36. The zero-order chi connectivity index (χ0) is 17.5. The number of furan rings is 1. The van der Waals surface area contributed by atoms with Gasteiger partial charge in [0, 0.05) is 11.6 Å². The Balaban J connectivity index is 2.03. The monoisotopic (exact) mass is 337 g/mol. The molecule has 0 aliphatic rings. The summed E-state index contributed by atoms with van der Waals surface area (Å²) in [5.41, 5.74) is -1.53. The number of nitrogens with zero attached hydrogens (tertiary/aromatic N) is 1. The molecule has 0 amide bonds.